The highest BCUT2D eigenvalue weighted by Gasteiger charge is 2.11. The summed E-state index contributed by atoms with van der Waals surface area (Å²) in [6.45, 7) is 7.41. The normalized spacial score (nSPS) is 18.8. The van der Waals surface area contributed by atoms with Crippen molar-refractivity contribution < 1.29 is 9.53 Å². The van der Waals surface area contributed by atoms with Gasteiger partial charge in [-0.3, -0.25) is 9.69 Å². The number of nitrogens with zero attached hydrogens (tertiary/aromatic N) is 3. The number of methoxy groups -OCH3 is 1. The first-order valence-electron chi connectivity index (χ1n) is 10.9. The minimum atomic E-state index is -0.0536. The summed E-state index contributed by atoms with van der Waals surface area (Å²) in [5.74, 6) is 1.21. The van der Waals surface area contributed by atoms with Crippen molar-refractivity contribution in [1.82, 2.24) is 20.2 Å². The number of amides is 1. The summed E-state index contributed by atoms with van der Waals surface area (Å²) in [6.07, 6.45) is 12.4. The highest BCUT2D eigenvalue weighted by Crippen LogP contribution is 2.27. The molecule has 1 amide bonds. The summed E-state index contributed by atoms with van der Waals surface area (Å²) in [5.41, 5.74) is 4.05. The molecule has 33 heavy (non-hydrogen) atoms. The maximum Gasteiger partial charge on any atom is 0.227 e. The van der Waals surface area contributed by atoms with Crippen molar-refractivity contribution in [3.05, 3.63) is 84.4 Å². The lowest BCUT2D eigenvalue weighted by atomic mass is 10.1. The van der Waals surface area contributed by atoms with Gasteiger partial charge in [0.15, 0.2) is 0 Å². The van der Waals surface area contributed by atoms with Gasteiger partial charge in [-0.15, -0.1) is 0 Å². The highest BCUT2D eigenvalue weighted by molar-refractivity contribution is 5.78. The lowest BCUT2D eigenvalue weighted by molar-refractivity contribution is -0.120. The van der Waals surface area contributed by atoms with E-state index in [0.29, 0.717) is 36.7 Å². The first-order chi connectivity index (χ1) is 16.0. The van der Waals surface area contributed by atoms with Crippen LogP contribution in [0.2, 0.25) is 0 Å². The monoisotopic (exact) mass is 445 g/mol. The molecule has 0 saturated carbocycles. The quantitative estimate of drug-likeness (QED) is 0.666. The van der Waals surface area contributed by atoms with E-state index in [2.05, 4.69) is 51.3 Å². The van der Waals surface area contributed by atoms with Crippen molar-refractivity contribution >= 4 is 11.9 Å². The van der Waals surface area contributed by atoms with Crippen LogP contribution in [0.3, 0.4) is 0 Å². The molecule has 0 radical (unpaired) electrons. The summed E-state index contributed by atoms with van der Waals surface area (Å²) in [4.78, 5) is 23.5. The number of ether oxygens (including phenoxy) is 1. The van der Waals surface area contributed by atoms with Gasteiger partial charge in [-0.25, -0.2) is 9.97 Å². The Balaban J connectivity index is 1.97. The molecule has 1 aromatic heterocycles. The molecular formula is C26H31N5O2. The number of carbonyl (C=O) groups is 1. The first-order valence-corrected chi connectivity index (χ1v) is 10.9. The first kappa shape index (κ1) is 23.9. The number of fused-ring (bicyclic) bond motifs is 5. The Bertz CT molecular complexity index is 1090. The standard InChI is InChI=1S/C26H31N5O2/c1-5-9-22-16-19(2)28-26-27-14-13-23(30-26)20-11-12-24(33-4)21(17-20)18-31(3)15-8-6-7-10-25(32)29-22/h5-6,8-9,11-14,16-17H,2,7,10,15,18H2,1,3-4H3,(H,29,32)(H,27,28,30)/b8-6+,9-5-,22-16+. The third-order valence-electron chi connectivity index (χ3n) is 5.03. The summed E-state index contributed by atoms with van der Waals surface area (Å²) in [6, 6.07) is 7.93. The zero-order valence-corrected chi connectivity index (χ0v) is 19.5. The van der Waals surface area contributed by atoms with E-state index in [4.69, 9.17) is 4.74 Å². The van der Waals surface area contributed by atoms with Gasteiger partial charge in [-0.05, 0) is 56.8 Å². The van der Waals surface area contributed by atoms with Crippen molar-refractivity contribution in [3.8, 4) is 17.0 Å². The Labute approximate surface area is 195 Å². The fourth-order valence-corrected chi connectivity index (χ4v) is 3.48. The average Bonchev–Trinajstić information content (AvgIpc) is 2.78. The van der Waals surface area contributed by atoms with Gasteiger partial charge < -0.3 is 15.4 Å². The van der Waals surface area contributed by atoms with Gasteiger partial charge in [0.1, 0.15) is 5.75 Å². The smallest absolute Gasteiger partial charge is 0.227 e. The van der Waals surface area contributed by atoms with Crippen LogP contribution in [0.1, 0.15) is 25.3 Å². The molecule has 0 aliphatic carbocycles. The molecule has 7 nitrogen and oxygen atoms in total. The molecule has 2 aromatic rings. The third-order valence-corrected chi connectivity index (χ3v) is 5.03. The number of nitrogens with one attached hydrogen (secondary N) is 2. The van der Waals surface area contributed by atoms with Crippen LogP contribution in [0.4, 0.5) is 5.95 Å². The van der Waals surface area contributed by atoms with Gasteiger partial charge in [0.2, 0.25) is 11.9 Å². The SMILES string of the molecule is C=C1/C=C(\C=C/C)NC(=O)CC/C=C/CN(C)Cc2cc(ccc2OC)-c2ccnc(n2)N1. The Kier molecular flexibility index (Phi) is 8.55. The van der Waals surface area contributed by atoms with Crippen molar-refractivity contribution in [2.75, 3.05) is 26.0 Å². The van der Waals surface area contributed by atoms with Crippen LogP contribution in [0.5, 0.6) is 5.75 Å². The van der Waals surface area contributed by atoms with Crippen LogP contribution in [-0.4, -0.2) is 41.5 Å². The van der Waals surface area contributed by atoms with Gasteiger partial charge in [-0.1, -0.05) is 24.8 Å². The van der Waals surface area contributed by atoms with Gasteiger partial charge in [0, 0.05) is 48.2 Å². The van der Waals surface area contributed by atoms with Gasteiger partial charge in [0.25, 0.3) is 0 Å². The van der Waals surface area contributed by atoms with Crippen LogP contribution in [0.15, 0.2) is 78.8 Å². The van der Waals surface area contributed by atoms with E-state index in [1.165, 1.54) is 0 Å². The second kappa shape index (κ2) is 11.8. The average molecular weight is 446 g/mol. The molecule has 1 aliphatic rings. The molecule has 2 heterocycles. The van der Waals surface area contributed by atoms with Crippen molar-refractivity contribution in [2.24, 2.45) is 0 Å². The van der Waals surface area contributed by atoms with E-state index in [-0.39, 0.29) is 5.91 Å². The van der Waals surface area contributed by atoms with E-state index in [1.807, 2.05) is 43.4 Å². The summed E-state index contributed by atoms with van der Waals surface area (Å²) >= 11 is 0. The number of anilines is 1. The van der Waals surface area contributed by atoms with Crippen LogP contribution < -0.4 is 15.4 Å². The van der Waals surface area contributed by atoms with E-state index >= 15 is 0 Å². The highest BCUT2D eigenvalue weighted by atomic mass is 16.5. The minimum Gasteiger partial charge on any atom is -0.496 e. The zero-order valence-electron chi connectivity index (χ0n) is 19.5. The van der Waals surface area contributed by atoms with Crippen molar-refractivity contribution in [1.29, 1.82) is 0 Å². The van der Waals surface area contributed by atoms with E-state index < -0.39 is 0 Å². The predicted molar refractivity (Wildman–Crippen MR) is 133 cm³/mol. The number of allylic oxidation sites excluding steroid dienone is 4. The fourth-order valence-electron chi connectivity index (χ4n) is 3.48. The number of rotatable bonds is 2. The molecule has 1 aliphatic heterocycles. The zero-order chi connectivity index (χ0) is 23.6. The molecule has 0 fully saturated rings. The number of hydrogen-bond acceptors (Lipinski definition) is 6. The molecule has 172 valence electrons. The molecule has 3 rings (SSSR count). The van der Waals surface area contributed by atoms with Crippen LogP contribution in [0, 0.1) is 0 Å². The molecule has 7 heteroatoms. The second-order valence-electron chi connectivity index (χ2n) is 7.80. The molecular weight excluding hydrogens is 414 g/mol. The number of carbonyl (C=O) groups excluding carboxylic acids is 1. The lowest BCUT2D eigenvalue weighted by Crippen LogP contribution is -2.21. The fraction of sp³-hybridized carbons (Fsp3) is 0.269. The van der Waals surface area contributed by atoms with E-state index in [9.17, 15) is 4.79 Å². The topological polar surface area (TPSA) is 79.4 Å². The van der Waals surface area contributed by atoms with Crippen LogP contribution in [-0.2, 0) is 11.3 Å². The van der Waals surface area contributed by atoms with Crippen LogP contribution in [0.25, 0.3) is 11.3 Å². The van der Waals surface area contributed by atoms with Crippen molar-refractivity contribution in [3.63, 3.8) is 0 Å². The molecule has 0 saturated heterocycles. The number of aromatic nitrogens is 2. The number of likely N-dealkylation sites (N-methyl/N-ethyl adjacent to an activating group) is 1. The van der Waals surface area contributed by atoms with E-state index in [0.717, 1.165) is 29.1 Å². The maximum absolute atomic E-state index is 12.4. The minimum absolute atomic E-state index is 0.0536. The Hall–Kier alpha value is -3.71. The Morgan fingerprint density at radius 1 is 1.21 bits per heavy atom. The van der Waals surface area contributed by atoms with Gasteiger partial charge in [-0.2, -0.15) is 0 Å². The largest absolute Gasteiger partial charge is 0.496 e. The molecule has 0 unspecified atom stereocenters. The van der Waals surface area contributed by atoms with Gasteiger partial charge in [0.05, 0.1) is 12.8 Å². The predicted octanol–water partition coefficient (Wildman–Crippen LogP) is 4.44. The number of hydrogen-bond donors (Lipinski definition) is 2. The maximum atomic E-state index is 12.4. The number of benzene rings is 1. The van der Waals surface area contributed by atoms with Crippen molar-refractivity contribution in [2.45, 2.75) is 26.3 Å². The van der Waals surface area contributed by atoms with E-state index in [1.54, 1.807) is 19.4 Å². The summed E-state index contributed by atoms with van der Waals surface area (Å²) < 4.78 is 5.58. The summed E-state index contributed by atoms with van der Waals surface area (Å²) in [5, 5.41) is 6.05. The summed E-state index contributed by atoms with van der Waals surface area (Å²) in [7, 11) is 3.73. The van der Waals surface area contributed by atoms with Crippen LogP contribution >= 0.6 is 0 Å². The molecule has 4 bridgehead atoms. The van der Waals surface area contributed by atoms with Gasteiger partial charge >= 0.3 is 0 Å². The third kappa shape index (κ3) is 7.15. The Morgan fingerprint density at radius 3 is 2.85 bits per heavy atom. The molecule has 1 aromatic carbocycles. The lowest BCUT2D eigenvalue weighted by Gasteiger charge is -2.18. The molecule has 0 spiro atoms. The molecule has 0 atom stereocenters. The Morgan fingerprint density at radius 2 is 2.06 bits per heavy atom. The second-order valence-corrected chi connectivity index (χ2v) is 7.80. The molecule has 2 N–H and O–H groups in total.